The monoisotopic (exact) mass is 240 g/mol. The van der Waals surface area contributed by atoms with Crippen LogP contribution < -0.4 is 5.32 Å². The van der Waals surface area contributed by atoms with Crippen molar-refractivity contribution >= 4 is 5.91 Å². The first-order valence-corrected chi connectivity index (χ1v) is 7.05. The van der Waals surface area contributed by atoms with Crippen LogP contribution in [0, 0.1) is 5.92 Å². The van der Waals surface area contributed by atoms with Gasteiger partial charge in [0.1, 0.15) is 0 Å². The lowest BCUT2D eigenvalue weighted by atomic mass is 9.90. The van der Waals surface area contributed by atoms with Gasteiger partial charge in [0.25, 0.3) is 0 Å². The summed E-state index contributed by atoms with van der Waals surface area (Å²) in [6, 6.07) is 0.749. The minimum atomic E-state index is 0.289. The molecule has 1 rings (SSSR count). The third kappa shape index (κ3) is 4.30. The van der Waals surface area contributed by atoms with Crippen LogP contribution in [0.1, 0.15) is 52.9 Å². The van der Waals surface area contributed by atoms with E-state index in [1.165, 1.54) is 12.8 Å². The first-order valence-electron chi connectivity index (χ1n) is 7.05. The predicted molar refractivity (Wildman–Crippen MR) is 71.9 cm³/mol. The van der Waals surface area contributed by atoms with Gasteiger partial charge in [-0.25, -0.2) is 0 Å². The fourth-order valence-corrected chi connectivity index (χ4v) is 2.58. The molecule has 0 aromatic heterocycles. The van der Waals surface area contributed by atoms with Crippen LogP contribution in [-0.2, 0) is 4.79 Å². The van der Waals surface area contributed by atoms with Gasteiger partial charge in [0.15, 0.2) is 0 Å². The number of amides is 1. The van der Waals surface area contributed by atoms with E-state index >= 15 is 0 Å². The average molecular weight is 240 g/mol. The second-order valence-electron chi connectivity index (χ2n) is 5.53. The van der Waals surface area contributed by atoms with Gasteiger partial charge in [-0.3, -0.25) is 4.79 Å². The van der Waals surface area contributed by atoms with E-state index < -0.39 is 0 Å². The van der Waals surface area contributed by atoms with Crippen molar-refractivity contribution in [2.24, 2.45) is 5.92 Å². The number of carbonyl (C=O) groups is 1. The van der Waals surface area contributed by atoms with Crippen LogP contribution in [0.5, 0.6) is 0 Å². The second-order valence-corrected chi connectivity index (χ2v) is 5.53. The third-order valence-corrected chi connectivity index (χ3v) is 4.09. The molecule has 3 atom stereocenters. The molecular weight excluding hydrogens is 212 g/mol. The molecule has 0 aliphatic carbocycles. The molecule has 3 heteroatoms. The molecule has 0 aromatic rings. The molecule has 17 heavy (non-hydrogen) atoms. The molecule has 1 heterocycles. The minimum absolute atomic E-state index is 0.289. The van der Waals surface area contributed by atoms with Crippen LogP contribution in [0.4, 0.5) is 0 Å². The van der Waals surface area contributed by atoms with Crippen molar-refractivity contribution in [1.29, 1.82) is 0 Å². The third-order valence-electron chi connectivity index (χ3n) is 4.09. The number of carbonyl (C=O) groups excluding carboxylic acids is 1. The first kappa shape index (κ1) is 14.5. The van der Waals surface area contributed by atoms with Gasteiger partial charge in [-0.1, -0.05) is 20.3 Å². The number of nitrogens with zero attached hydrogens (tertiary/aromatic N) is 1. The maximum atomic E-state index is 12.2. The highest BCUT2D eigenvalue weighted by Crippen LogP contribution is 2.19. The lowest BCUT2D eigenvalue weighted by Crippen LogP contribution is -2.45. The number of piperidine rings is 1. The van der Waals surface area contributed by atoms with E-state index in [0.29, 0.717) is 24.4 Å². The fraction of sp³-hybridized carbons (Fsp3) is 0.929. The molecule has 1 aliphatic rings. The van der Waals surface area contributed by atoms with Crippen molar-refractivity contribution < 1.29 is 4.79 Å². The zero-order valence-electron chi connectivity index (χ0n) is 11.8. The molecular formula is C14H28N2O. The van der Waals surface area contributed by atoms with Gasteiger partial charge in [-0.05, 0) is 38.6 Å². The topological polar surface area (TPSA) is 32.3 Å². The minimum Gasteiger partial charge on any atom is -0.343 e. The highest BCUT2D eigenvalue weighted by atomic mass is 16.2. The molecule has 0 radical (unpaired) electrons. The number of nitrogens with one attached hydrogen (secondary N) is 1. The van der Waals surface area contributed by atoms with Crippen molar-refractivity contribution in [2.45, 2.75) is 65.0 Å². The molecule has 1 fully saturated rings. The Hall–Kier alpha value is -0.570. The largest absolute Gasteiger partial charge is 0.343 e. The maximum absolute atomic E-state index is 12.2. The summed E-state index contributed by atoms with van der Waals surface area (Å²) in [5, 5.41) is 3.48. The smallest absolute Gasteiger partial charge is 0.224 e. The van der Waals surface area contributed by atoms with Crippen LogP contribution in [0.2, 0.25) is 0 Å². The molecule has 1 saturated heterocycles. The number of rotatable bonds is 5. The SMILES string of the molecule is CCCC(C)N(C)C(=O)CC1NCCCC1C. The van der Waals surface area contributed by atoms with Crippen molar-refractivity contribution in [3.8, 4) is 0 Å². The van der Waals surface area contributed by atoms with Gasteiger partial charge < -0.3 is 10.2 Å². The lowest BCUT2D eigenvalue weighted by Gasteiger charge is -2.32. The lowest BCUT2D eigenvalue weighted by molar-refractivity contribution is -0.132. The summed E-state index contributed by atoms with van der Waals surface area (Å²) in [5.41, 5.74) is 0. The van der Waals surface area contributed by atoms with Crippen molar-refractivity contribution in [1.82, 2.24) is 10.2 Å². The maximum Gasteiger partial charge on any atom is 0.224 e. The van der Waals surface area contributed by atoms with E-state index in [4.69, 9.17) is 0 Å². The van der Waals surface area contributed by atoms with Crippen LogP contribution in [-0.4, -0.2) is 36.5 Å². The highest BCUT2D eigenvalue weighted by molar-refractivity contribution is 5.76. The van der Waals surface area contributed by atoms with Crippen LogP contribution in [0.25, 0.3) is 0 Å². The molecule has 1 amide bonds. The normalized spacial score (nSPS) is 26.6. The van der Waals surface area contributed by atoms with Crippen molar-refractivity contribution in [3.63, 3.8) is 0 Å². The van der Waals surface area contributed by atoms with Gasteiger partial charge in [0, 0.05) is 25.6 Å². The Bertz CT molecular complexity index is 242. The van der Waals surface area contributed by atoms with E-state index in [2.05, 4.69) is 26.1 Å². The quantitative estimate of drug-likeness (QED) is 0.800. The Morgan fingerprint density at radius 2 is 2.24 bits per heavy atom. The molecule has 0 saturated carbocycles. The molecule has 100 valence electrons. The zero-order valence-corrected chi connectivity index (χ0v) is 11.8. The van der Waals surface area contributed by atoms with E-state index in [1.807, 2.05) is 11.9 Å². The average Bonchev–Trinajstić information content (AvgIpc) is 2.31. The van der Waals surface area contributed by atoms with E-state index in [0.717, 1.165) is 19.4 Å². The Labute approximate surface area is 106 Å². The zero-order chi connectivity index (χ0) is 12.8. The van der Waals surface area contributed by atoms with Gasteiger partial charge in [0.2, 0.25) is 5.91 Å². The summed E-state index contributed by atoms with van der Waals surface area (Å²) in [6.45, 7) is 7.62. The molecule has 0 aromatic carbocycles. The first-order chi connectivity index (χ1) is 8.06. The van der Waals surface area contributed by atoms with E-state index in [1.54, 1.807) is 0 Å². The fourth-order valence-electron chi connectivity index (χ4n) is 2.58. The Kier molecular flexibility index (Phi) is 5.96. The van der Waals surface area contributed by atoms with Crippen LogP contribution in [0.15, 0.2) is 0 Å². The van der Waals surface area contributed by atoms with Crippen LogP contribution >= 0.6 is 0 Å². The molecule has 1 N–H and O–H groups in total. The Morgan fingerprint density at radius 1 is 1.53 bits per heavy atom. The van der Waals surface area contributed by atoms with Crippen molar-refractivity contribution in [2.75, 3.05) is 13.6 Å². The molecule has 0 spiro atoms. The Morgan fingerprint density at radius 3 is 2.82 bits per heavy atom. The summed E-state index contributed by atoms with van der Waals surface area (Å²) in [5.74, 6) is 0.916. The van der Waals surface area contributed by atoms with Crippen LogP contribution in [0.3, 0.4) is 0 Å². The summed E-state index contributed by atoms with van der Waals surface area (Å²) >= 11 is 0. The van der Waals surface area contributed by atoms with E-state index in [-0.39, 0.29) is 5.91 Å². The standard InChI is InChI=1S/C14H28N2O/c1-5-7-12(3)16(4)14(17)10-13-11(2)8-6-9-15-13/h11-13,15H,5-10H2,1-4H3. The van der Waals surface area contributed by atoms with Gasteiger partial charge in [0.05, 0.1) is 0 Å². The summed E-state index contributed by atoms with van der Waals surface area (Å²) in [4.78, 5) is 14.1. The number of hydrogen-bond donors (Lipinski definition) is 1. The van der Waals surface area contributed by atoms with Gasteiger partial charge in [-0.15, -0.1) is 0 Å². The second kappa shape index (κ2) is 7.00. The number of hydrogen-bond acceptors (Lipinski definition) is 2. The summed E-state index contributed by atoms with van der Waals surface area (Å²) < 4.78 is 0. The molecule has 3 nitrogen and oxygen atoms in total. The van der Waals surface area contributed by atoms with Gasteiger partial charge >= 0.3 is 0 Å². The van der Waals surface area contributed by atoms with E-state index in [9.17, 15) is 4.79 Å². The molecule has 1 aliphatic heterocycles. The summed E-state index contributed by atoms with van der Waals surface area (Å²) in [7, 11) is 1.94. The summed E-state index contributed by atoms with van der Waals surface area (Å²) in [6.07, 6.45) is 5.38. The van der Waals surface area contributed by atoms with Gasteiger partial charge in [-0.2, -0.15) is 0 Å². The predicted octanol–water partition coefficient (Wildman–Crippen LogP) is 2.41. The highest BCUT2D eigenvalue weighted by Gasteiger charge is 2.25. The Balaban J connectivity index is 2.41. The molecule has 0 bridgehead atoms. The molecule has 3 unspecified atom stereocenters. The van der Waals surface area contributed by atoms with Crippen molar-refractivity contribution in [3.05, 3.63) is 0 Å².